The van der Waals surface area contributed by atoms with Gasteiger partial charge in [-0.05, 0) is 61.1 Å². The van der Waals surface area contributed by atoms with Crippen LogP contribution < -0.4 is 0 Å². The van der Waals surface area contributed by atoms with Crippen molar-refractivity contribution in [2.75, 3.05) is 0 Å². The average molecular weight is 619 g/mol. The van der Waals surface area contributed by atoms with Crippen LogP contribution in [0.2, 0.25) is 0 Å². The Balaban J connectivity index is 0.000000762. The van der Waals surface area contributed by atoms with Crippen LogP contribution >= 0.6 is 0 Å². The van der Waals surface area contributed by atoms with E-state index in [1.807, 2.05) is 0 Å². The summed E-state index contributed by atoms with van der Waals surface area (Å²) in [5.41, 5.74) is 2.20. The fraction of sp³-hybridized carbons (Fsp3) is 0.625. The Kier molecular flexibility index (Phi) is 22.9. The van der Waals surface area contributed by atoms with Crippen molar-refractivity contribution in [1.29, 1.82) is 0 Å². The zero-order valence-corrected chi connectivity index (χ0v) is 28.4. The Labute approximate surface area is 266 Å². The van der Waals surface area contributed by atoms with Crippen LogP contribution in [0.15, 0.2) is 58.3 Å². The molecule has 2 aromatic carbocycles. The van der Waals surface area contributed by atoms with E-state index in [4.69, 9.17) is 0 Å². The first-order valence-electron chi connectivity index (χ1n) is 15.2. The van der Waals surface area contributed by atoms with E-state index in [1.165, 1.54) is 114 Å². The quantitative estimate of drug-likeness (QED) is 0.0840. The number of hydrogen-bond acceptors (Lipinski definition) is 6. The van der Waals surface area contributed by atoms with Gasteiger partial charge >= 0.3 is 23.1 Å². The van der Waals surface area contributed by atoms with Crippen molar-refractivity contribution < 1.29 is 25.9 Å². The van der Waals surface area contributed by atoms with Gasteiger partial charge in [0.1, 0.15) is 20.2 Å². The Hall–Kier alpha value is -0.974. The summed E-state index contributed by atoms with van der Waals surface area (Å²) in [6.45, 7) is 4.45. The van der Waals surface area contributed by atoms with Gasteiger partial charge in [-0.15, -0.1) is 0 Å². The molecule has 0 N–H and O–H groups in total. The zero-order valence-electron chi connectivity index (χ0n) is 25.3. The van der Waals surface area contributed by atoms with Gasteiger partial charge in [0.2, 0.25) is 0 Å². The molecule has 6 nitrogen and oxygen atoms in total. The van der Waals surface area contributed by atoms with Crippen LogP contribution in [0.5, 0.6) is 0 Å². The van der Waals surface area contributed by atoms with Gasteiger partial charge in [-0.2, -0.15) is 0 Å². The molecule has 0 radical (unpaired) electrons. The van der Waals surface area contributed by atoms with E-state index in [2.05, 4.69) is 13.8 Å². The molecule has 0 aliphatic heterocycles. The van der Waals surface area contributed by atoms with Gasteiger partial charge in [0.15, 0.2) is 0 Å². The van der Waals surface area contributed by atoms with Crippen LogP contribution in [0.3, 0.4) is 0 Å². The molecule has 0 fully saturated rings. The molecule has 9 heteroatoms. The van der Waals surface area contributed by atoms with Crippen LogP contribution in [0, 0.1) is 0 Å². The van der Waals surface area contributed by atoms with Gasteiger partial charge in [-0.25, -0.2) is 16.8 Å². The van der Waals surface area contributed by atoms with Crippen molar-refractivity contribution in [2.24, 2.45) is 0 Å². The number of hydrogen-bond donors (Lipinski definition) is 0. The Bertz CT molecular complexity index is 1020. The third-order valence-corrected chi connectivity index (χ3v) is 8.76. The molecule has 0 saturated carbocycles. The molecular formula is C32H50MgO6S2. The van der Waals surface area contributed by atoms with Crippen molar-refractivity contribution >= 4 is 43.3 Å². The molecule has 0 saturated heterocycles. The van der Waals surface area contributed by atoms with Gasteiger partial charge in [0, 0.05) is 0 Å². The molecule has 0 amide bonds. The smallest absolute Gasteiger partial charge is 0.744 e. The molecule has 0 aliphatic carbocycles. The third-order valence-electron chi connectivity index (χ3n) is 7.06. The second-order valence-corrected chi connectivity index (χ2v) is 13.4. The standard InChI is InChI=1S/2C16H26O3S.Mg/c2*1-2-3-4-5-6-7-8-9-10-15-11-13-16(14-12-15)20(17,18)19;/h2*11-14H,2-10H2,1H3,(H,17,18,19);/q;;+2/p-2. The summed E-state index contributed by atoms with van der Waals surface area (Å²) in [5, 5.41) is 0. The maximum absolute atomic E-state index is 10.8. The third kappa shape index (κ3) is 20.5. The monoisotopic (exact) mass is 618 g/mol. The molecule has 0 bridgehead atoms. The SMILES string of the molecule is CCCCCCCCCCc1ccc(S(=O)(=O)[O-])cc1.CCCCCCCCCCc1ccc(S(=O)(=O)[O-])cc1.[Mg+2]. The van der Waals surface area contributed by atoms with E-state index in [-0.39, 0.29) is 32.8 Å². The topological polar surface area (TPSA) is 114 Å². The fourth-order valence-corrected chi connectivity index (χ4v) is 5.51. The van der Waals surface area contributed by atoms with E-state index >= 15 is 0 Å². The van der Waals surface area contributed by atoms with E-state index in [1.54, 1.807) is 24.3 Å². The van der Waals surface area contributed by atoms with Crippen LogP contribution in [-0.2, 0) is 33.1 Å². The Morgan fingerprint density at radius 2 is 0.683 bits per heavy atom. The fourth-order valence-electron chi connectivity index (χ4n) is 4.57. The second kappa shape index (κ2) is 23.5. The summed E-state index contributed by atoms with van der Waals surface area (Å²) in [6, 6.07) is 12.6. The van der Waals surface area contributed by atoms with Crippen LogP contribution in [0.4, 0.5) is 0 Å². The minimum Gasteiger partial charge on any atom is -0.744 e. The molecule has 0 aliphatic rings. The molecule has 0 heterocycles. The zero-order chi connectivity index (χ0) is 29.7. The van der Waals surface area contributed by atoms with Crippen molar-refractivity contribution in [1.82, 2.24) is 0 Å². The minimum absolute atomic E-state index is 0. The van der Waals surface area contributed by atoms with Crippen molar-refractivity contribution in [3.05, 3.63) is 59.7 Å². The first-order valence-corrected chi connectivity index (χ1v) is 18.0. The van der Waals surface area contributed by atoms with Gasteiger partial charge in [-0.1, -0.05) is 128 Å². The number of unbranched alkanes of at least 4 members (excludes halogenated alkanes) is 14. The van der Waals surface area contributed by atoms with Gasteiger partial charge < -0.3 is 9.11 Å². The maximum atomic E-state index is 10.8. The summed E-state index contributed by atoms with van der Waals surface area (Å²) in [7, 11) is -8.62. The number of aryl methyl sites for hydroxylation is 2. The molecule has 2 aromatic rings. The largest absolute Gasteiger partial charge is 2.00 e. The maximum Gasteiger partial charge on any atom is 2.00 e. The van der Waals surface area contributed by atoms with Crippen LogP contribution in [0.1, 0.15) is 128 Å². The summed E-state index contributed by atoms with van der Waals surface area (Å²) < 4.78 is 64.8. The van der Waals surface area contributed by atoms with Crippen LogP contribution in [-0.4, -0.2) is 49.0 Å². The van der Waals surface area contributed by atoms with Gasteiger partial charge in [0.25, 0.3) is 0 Å². The van der Waals surface area contributed by atoms with Crippen molar-refractivity contribution in [3.63, 3.8) is 0 Å². The van der Waals surface area contributed by atoms with E-state index in [0.29, 0.717) is 0 Å². The Morgan fingerprint density at radius 1 is 0.439 bits per heavy atom. The Morgan fingerprint density at radius 3 is 0.927 bits per heavy atom. The van der Waals surface area contributed by atoms with E-state index < -0.39 is 20.2 Å². The molecule has 0 atom stereocenters. The van der Waals surface area contributed by atoms with Gasteiger partial charge in [0.05, 0.1) is 9.79 Å². The summed E-state index contributed by atoms with van der Waals surface area (Å²) in [4.78, 5) is -0.283. The second-order valence-electron chi connectivity index (χ2n) is 10.6. The molecule has 2 rings (SSSR count). The minimum atomic E-state index is -4.31. The molecular weight excluding hydrogens is 569 g/mol. The first-order chi connectivity index (χ1) is 19.1. The molecule has 41 heavy (non-hydrogen) atoms. The average Bonchev–Trinajstić information content (AvgIpc) is 2.91. The van der Waals surface area contributed by atoms with Crippen molar-refractivity contribution in [3.8, 4) is 0 Å². The van der Waals surface area contributed by atoms with Crippen molar-refractivity contribution in [2.45, 2.75) is 139 Å². The van der Waals surface area contributed by atoms with E-state index in [9.17, 15) is 25.9 Å². The summed E-state index contributed by atoms with van der Waals surface area (Å²) >= 11 is 0. The normalized spacial score (nSPS) is 11.4. The number of rotatable bonds is 20. The molecule has 0 unspecified atom stereocenters. The summed E-state index contributed by atoms with van der Waals surface area (Å²) in [6.07, 6.45) is 22.4. The molecule has 0 aromatic heterocycles. The van der Waals surface area contributed by atoms with Crippen LogP contribution in [0.25, 0.3) is 0 Å². The van der Waals surface area contributed by atoms with E-state index in [0.717, 1.165) is 36.8 Å². The first kappa shape index (κ1) is 40.0. The molecule has 0 spiro atoms. The molecule has 228 valence electrons. The predicted octanol–water partition coefficient (Wildman–Crippen LogP) is 8.17. The van der Waals surface area contributed by atoms with Gasteiger partial charge in [-0.3, -0.25) is 0 Å². The number of benzene rings is 2. The predicted molar refractivity (Wildman–Crippen MR) is 167 cm³/mol. The summed E-state index contributed by atoms with van der Waals surface area (Å²) in [5.74, 6) is 0.